The molecule has 0 bridgehead atoms. The van der Waals surface area contributed by atoms with E-state index in [2.05, 4.69) is 15.5 Å². The van der Waals surface area contributed by atoms with Gasteiger partial charge in [-0.25, -0.2) is 4.79 Å². The lowest BCUT2D eigenvalue weighted by Gasteiger charge is -2.22. The zero-order valence-corrected chi connectivity index (χ0v) is 16.6. The molecule has 0 aliphatic carbocycles. The lowest BCUT2D eigenvalue weighted by Crippen LogP contribution is -2.33. The van der Waals surface area contributed by atoms with Gasteiger partial charge >= 0.3 is 12.1 Å². The van der Waals surface area contributed by atoms with Crippen molar-refractivity contribution < 1.29 is 23.6 Å². The molecule has 0 unspecified atom stereocenters. The SMILES string of the molecule is Cc1noc(C)c1CN1CCN2C=C(C(=O)NCC3CCOCC3)OC2=NC1=O. The number of hydrogen-bond donors (Lipinski definition) is 1. The summed E-state index contributed by atoms with van der Waals surface area (Å²) in [5.74, 6) is 0.958. The number of fused-ring (bicyclic) bond motifs is 1. The van der Waals surface area contributed by atoms with Gasteiger partial charge in [0, 0.05) is 38.4 Å². The van der Waals surface area contributed by atoms with Crippen LogP contribution in [0.1, 0.15) is 29.9 Å². The van der Waals surface area contributed by atoms with E-state index in [0.29, 0.717) is 37.9 Å². The molecule has 1 N–H and O–H groups in total. The number of carbonyl (C=O) groups is 2. The maximum absolute atomic E-state index is 12.6. The summed E-state index contributed by atoms with van der Waals surface area (Å²) in [5, 5.41) is 6.82. The zero-order valence-electron chi connectivity index (χ0n) is 16.6. The summed E-state index contributed by atoms with van der Waals surface area (Å²) in [6.45, 7) is 6.99. The molecule has 0 atom stereocenters. The van der Waals surface area contributed by atoms with Crippen LogP contribution >= 0.6 is 0 Å². The normalized spacial score (nSPS) is 20.0. The molecule has 4 heterocycles. The van der Waals surface area contributed by atoms with Gasteiger partial charge in [0.2, 0.25) is 5.76 Å². The van der Waals surface area contributed by atoms with Crippen LogP contribution in [-0.2, 0) is 20.8 Å². The van der Waals surface area contributed by atoms with E-state index in [0.717, 1.165) is 37.3 Å². The first-order valence-corrected chi connectivity index (χ1v) is 9.83. The van der Waals surface area contributed by atoms with Gasteiger partial charge in [0.25, 0.3) is 5.91 Å². The van der Waals surface area contributed by atoms with Crippen molar-refractivity contribution in [2.24, 2.45) is 10.9 Å². The summed E-state index contributed by atoms with van der Waals surface area (Å²) in [6.07, 6.45) is 3.48. The largest absolute Gasteiger partial charge is 0.418 e. The Bertz CT molecular complexity index is 836. The van der Waals surface area contributed by atoms with Crippen LogP contribution in [0.3, 0.4) is 0 Å². The molecule has 29 heavy (non-hydrogen) atoms. The molecule has 10 heteroatoms. The number of aryl methyl sites for hydroxylation is 2. The summed E-state index contributed by atoms with van der Waals surface area (Å²) in [4.78, 5) is 32.3. The first-order chi connectivity index (χ1) is 14.0. The first kappa shape index (κ1) is 19.4. The van der Waals surface area contributed by atoms with Gasteiger partial charge < -0.3 is 24.2 Å². The van der Waals surface area contributed by atoms with Crippen LogP contribution in [-0.4, -0.2) is 65.8 Å². The second-order valence-electron chi connectivity index (χ2n) is 7.46. The molecule has 0 saturated carbocycles. The number of aromatic nitrogens is 1. The third kappa shape index (κ3) is 4.26. The van der Waals surface area contributed by atoms with E-state index in [1.165, 1.54) is 0 Å². The van der Waals surface area contributed by atoms with Gasteiger partial charge in [-0.15, -0.1) is 4.99 Å². The van der Waals surface area contributed by atoms with Crippen molar-refractivity contribution in [1.29, 1.82) is 0 Å². The van der Waals surface area contributed by atoms with Crippen molar-refractivity contribution in [3.8, 4) is 0 Å². The maximum Gasteiger partial charge on any atom is 0.348 e. The average Bonchev–Trinajstić information content (AvgIpc) is 3.23. The minimum Gasteiger partial charge on any atom is -0.418 e. The first-order valence-electron chi connectivity index (χ1n) is 9.83. The van der Waals surface area contributed by atoms with Crippen LogP contribution in [0.2, 0.25) is 0 Å². The molecule has 3 aliphatic rings. The van der Waals surface area contributed by atoms with Crippen molar-refractivity contribution >= 4 is 18.0 Å². The Morgan fingerprint density at radius 3 is 2.79 bits per heavy atom. The number of urea groups is 1. The van der Waals surface area contributed by atoms with Gasteiger partial charge in [-0.2, -0.15) is 0 Å². The predicted octanol–water partition coefficient (Wildman–Crippen LogP) is 1.30. The lowest BCUT2D eigenvalue weighted by molar-refractivity contribution is -0.119. The average molecular weight is 403 g/mol. The van der Waals surface area contributed by atoms with Crippen LogP contribution in [0.5, 0.6) is 0 Å². The fourth-order valence-corrected chi connectivity index (χ4v) is 3.55. The second kappa shape index (κ2) is 8.24. The van der Waals surface area contributed by atoms with E-state index < -0.39 is 6.03 Å². The second-order valence-corrected chi connectivity index (χ2v) is 7.46. The van der Waals surface area contributed by atoms with Crippen molar-refractivity contribution in [1.82, 2.24) is 20.3 Å². The van der Waals surface area contributed by atoms with E-state index >= 15 is 0 Å². The number of amides is 3. The monoisotopic (exact) mass is 403 g/mol. The van der Waals surface area contributed by atoms with E-state index in [1.54, 1.807) is 16.0 Å². The molecule has 0 aromatic carbocycles. The van der Waals surface area contributed by atoms with E-state index in [9.17, 15) is 9.59 Å². The van der Waals surface area contributed by atoms with Crippen LogP contribution in [0.25, 0.3) is 0 Å². The Morgan fingerprint density at radius 1 is 1.28 bits per heavy atom. The summed E-state index contributed by atoms with van der Waals surface area (Å²) in [5.41, 5.74) is 1.64. The van der Waals surface area contributed by atoms with Gasteiger partial charge in [0.1, 0.15) is 5.76 Å². The fourth-order valence-electron chi connectivity index (χ4n) is 3.55. The molecule has 1 fully saturated rings. The molecule has 3 amide bonds. The molecule has 0 radical (unpaired) electrons. The summed E-state index contributed by atoms with van der Waals surface area (Å²) in [6, 6.07) is -0.285. The van der Waals surface area contributed by atoms with Crippen LogP contribution in [0.4, 0.5) is 4.79 Å². The molecule has 4 rings (SSSR count). The highest BCUT2D eigenvalue weighted by Gasteiger charge is 2.32. The highest BCUT2D eigenvalue weighted by molar-refractivity contribution is 5.99. The number of rotatable bonds is 5. The number of nitrogens with zero attached hydrogens (tertiary/aromatic N) is 4. The standard InChI is InChI=1S/C19H25N5O5/c1-12-15(13(2)29-22-12)10-23-5-6-24-11-16(28-19(24)21-18(23)26)17(25)20-9-14-3-7-27-8-4-14/h11,14H,3-10H2,1-2H3,(H,20,25). The number of hydrogen-bond acceptors (Lipinski definition) is 7. The maximum atomic E-state index is 12.6. The minimum absolute atomic E-state index is 0.132. The molecule has 3 aliphatic heterocycles. The van der Waals surface area contributed by atoms with Crippen LogP contribution in [0.15, 0.2) is 21.5 Å². The zero-order chi connectivity index (χ0) is 20.4. The smallest absolute Gasteiger partial charge is 0.348 e. The highest BCUT2D eigenvalue weighted by Crippen LogP contribution is 2.21. The van der Waals surface area contributed by atoms with Gasteiger partial charge in [0.15, 0.2) is 0 Å². The number of nitrogens with one attached hydrogen (secondary N) is 1. The van der Waals surface area contributed by atoms with E-state index in [-0.39, 0.29) is 17.7 Å². The molecular weight excluding hydrogens is 378 g/mol. The Balaban J connectivity index is 1.35. The van der Waals surface area contributed by atoms with Crippen LogP contribution < -0.4 is 5.32 Å². The van der Waals surface area contributed by atoms with Crippen LogP contribution in [0, 0.1) is 19.8 Å². The minimum atomic E-state index is -0.417. The fraction of sp³-hybridized carbons (Fsp3) is 0.579. The Kier molecular flexibility index (Phi) is 5.52. The summed E-state index contributed by atoms with van der Waals surface area (Å²) < 4.78 is 16.1. The lowest BCUT2D eigenvalue weighted by atomic mass is 10.0. The van der Waals surface area contributed by atoms with Gasteiger partial charge in [0.05, 0.1) is 18.4 Å². The highest BCUT2D eigenvalue weighted by atomic mass is 16.5. The molecule has 1 aromatic rings. The molecule has 0 spiro atoms. The molecule has 1 aromatic heterocycles. The Hall–Kier alpha value is -2.88. The van der Waals surface area contributed by atoms with Crippen molar-refractivity contribution in [3.63, 3.8) is 0 Å². The molecule has 1 saturated heterocycles. The number of carbonyl (C=O) groups excluding carboxylic acids is 2. The Labute approximate surface area is 168 Å². The Morgan fingerprint density at radius 2 is 2.07 bits per heavy atom. The summed E-state index contributed by atoms with van der Waals surface area (Å²) >= 11 is 0. The third-order valence-corrected chi connectivity index (χ3v) is 5.44. The number of ether oxygens (including phenoxy) is 2. The third-order valence-electron chi connectivity index (χ3n) is 5.44. The topological polar surface area (TPSA) is 110 Å². The van der Waals surface area contributed by atoms with E-state index in [4.69, 9.17) is 14.0 Å². The van der Waals surface area contributed by atoms with Crippen molar-refractivity contribution in [2.75, 3.05) is 32.8 Å². The van der Waals surface area contributed by atoms with Gasteiger partial charge in [-0.05, 0) is 32.6 Å². The molecular formula is C19H25N5O5. The molecule has 156 valence electrons. The molecule has 10 nitrogen and oxygen atoms in total. The van der Waals surface area contributed by atoms with Gasteiger partial charge in [-0.3, -0.25) is 9.69 Å². The number of amidine groups is 1. The summed E-state index contributed by atoms with van der Waals surface area (Å²) in [7, 11) is 0. The van der Waals surface area contributed by atoms with Gasteiger partial charge in [-0.1, -0.05) is 5.16 Å². The quantitative estimate of drug-likeness (QED) is 0.789. The number of aliphatic imine (C=N–C) groups is 1. The van der Waals surface area contributed by atoms with E-state index in [1.807, 2.05) is 13.8 Å². The van der Waals surface area contributed by atoms with Crippen molar-refractivity contribution in [2.45, 2.75) is 33.2 Å². The predicted molar refractivity (Wildman–Crippen MR) is 102 cm³/mol. The van der Waals surface area contributed by atoms with Crippen molar-refractivity contribution in [3.05, 3.63) is 29.0 Å².